The van der Waals surface area contributed by atoms with Gasteiger partial charge in [-0.1, -0.05) is 0 Å². The molecule has 4 N–H and O–H groups in total. The van der Waals surface area contributed by atoms with Crippen molar-refractivity contribution in [2.75, 3.05) is 11.9 Å². The van der Waals surface area contributed by atoms with E-state index in [1.54, 1.807) is 24.4 Å². The molecule has 0 saturated heterocycles. The highest BCUT2D eigenvalue weighted by Crippen LogP contribution is 2.35. The van der Waals surface area contributed by atoms with Crippen LogP contribution in [0.5, 0.6) is 5.75 Å². The molecule has 1 aromatic heterocycles. The van der Waals surface area contributed by atoms with Gasteiger partial charge in [0.15, 0.2) is 11.6 Å². The van der Waals surface area contributed by atoms with Crippen LogP contribution in [0.15, 0.2) is 41.5 Å². The fourth-order valence-electron chi connectivity index (χ4n) is 2.53. The summed E-state index contributed by atoms with van der Waals surface area (Å²) in [7, 11) is 0. The van der Waals surface area contributed by atoms with Gasteiger partial charge < -0.3 is 20.9 Å². The third-order valence-electron chi connectivity index (χ3n) is 3.79. The van der Waals surface area contributed by atoms with E-state index in [9.17, 15) is 9.50 Å². The van der Waals surface area contributed by atoms with Gasteiger partial charge in [0.2, 0.25) is 0 Å². The molecule has 1 aliphatic heterocycles. The summed E-state index contributed by atoms with van der Waals surface area (Å²) < 4.78 is 19.4. The fourth-order valence-corrected chi connectivity index (χ4v) is 2.53. The maximum atomic E-state index is 14.3. The van der Waals surface area contributed by atoms with Gasteiger partial charge in [-0.15, -0.1) is 0 Å². The normalized spacial score (nSPS) is 20.5. The van der Waals surface area contributed by atoms with Crippen LogP contribution in [0.25, 0.3) is 0 Å². The standard InChI is InChI=1S/C16H17FN4O2/c1-16(6-8-23-15(18)21-16)11-9-10(4-5-12(11)17)20-14-13(22)3-2-7-19-14/h2-5,7,9,22H,6,8H2,1H3,(H2,18,21)(H,19,20)/t16-/m0/s1. The second kappa shape index (κ2) is 5.75. The Kier molecular flexibility index (Phi) is 3.77. The average molecular weight is 316 g/mol. The minimum absolute atomic E-state index is 0.0120. The highest BCUT2D eigenvalue weighted by Gasteiger charge is 2.32. The highest BCUT2D eigenvalue weighted by atomic mass is 19.1. The van der Waals surface area contributed by atoms with Crippen LogP contribution in [0.3, 0.4) is 0 Å². The van der Waals surface area contributed by atoms with Crippen LogP contribution in [-0.4, -0.2) is 22.7 Å². The zero-order chi connectivity index (χ0) is 16.4. The molecule has 0 radical (unpaired) electrons. The van der Waals surface area contributed by atoms with Crippen molar-refractivity contribution in [3.05, 3.63) is 47.9 Å². The van der Waals surface area contributed by atoms with Gasteiger partial charge in [0.05, 0.1) is 12.1 Å². The van der Waals surface area contributed by atoms with Crippen molar-refractivity contribution in [2.45, 2.75) is 18.9 Å². The Morgan fingerprint density at radius 2 is 2.22 bits per heavy atom. The third kappa shape index (κ3) is 3.03. The zero-order valence-corrected chi connectivity index (χ0v) is 12.6. The number of nitrogens with zero attached hydrogens (tertiary/aromatic N) is 2. The summed E-state index contributed by atoms with van der Waals surface area (Å²) in [6.45, 7) is 2.19. The summed E-state index contributed by atoms with van der Waals surface area (Å²) in [5.41, 5.74) is 5.83. The lowest BCUT2D eigenvalue weighted by Crippen LogP contribution is -2.34. The first kappa shape index (κ1) is 15.1. The Morgan fingerprint density at radius 3 is 2.96 bits per heavy atom. The number of pyridine rings is 1. The number of benzene rings is 1. The Bertz CT molecular complexity index is 765. The molecule has 0 amide bonds. The van der Waals surface area contributed by atoms with E-state index in [1.165, 1.54) is 12.1 Å². The first-order valence-corrected chi connectivity index (χ1v) is 7.17. The molecule has 7 heteroatoms. The van der Waals surface area contributed by atoms with Crippen LogP contribution >= 0.6 is 0 Å². The Hall–Kier alpha value is -2.83. The van der Waals surface area contributed by atoms with Crippen LogP contribution in [0, 0.1) is 5.82 Å². The van der Waals surface area contributed by atoms with E-state index in [0.717, 1.165) is 0 Å². The number of nitrogens with two attached hydrogens (primary N) is 1. The smallest absolute Gasteiger partial charge is 0.282 e. The molecule has 2 heterocycles. The molecule has 120 valence electrons. The van der Waals surface area contributed by atoms with E-state index in [4.69, 9.17) is 10.5 Å². The van der Waals surface area contributed by atoms with Crippen molar-refractivity contribution >= 4 is 17.5 Å². The maximum absolute atomic E-state index is 14.3. The van der Waals surface area contributed by atoms with Gasteiger partial charge >= 0.3 is 0 Å². The van der Waals surface area contributed by atoms with Crippen molar-refractivity contribution < 1.29 is 14.2 Å². The number of hydrogen-bond acceptors (Lipinski definition) is 6. The SMILES string of the molecule is C[C@@]1(c2cc(Nc3ncccc3O)ccc2F)CCOC(N)=N1. The highest BCUT2D eigenvalue weighted by molar-refractivity contribution is 5.73. The molecular formula is C16H17FN4O2. The van der Waals surface area contributed by atoms with Gasteiger partial charge in [0, 0.05) is 23.9 Å². The minimum atomic E-state index is -0.795. The number of amidine groups is 1. The summed E-state index contributed by atoms with van der Waals surface area (Å²) in [4.78, 5) is 8.30. The fraction of sp³-hybridized carbons (Fsp3) is 0.250. The molecule has 2 aromatic rings. The first-order chi connectivity index (χ1) is 11.0. The van der Waals surface area contributed by atoms with Gasteiger partial charge in [0.25, 0.3) is 6.02 Å². The van der Waals surface area contributed by atoms with Gasteiger partial charge in [-0.2, -0.15) is 0 Å². The lowest BCUT2D eigenvalue weighted by atomic mass is 9.88. The molecule has 0 fully saturated rings. The van der Waals surface area contributed by atoms with Crippen LogP contribution in [-0.2, 0) is 10.3 Å². The summed E-state index contributed by atoms with van der Waals surface area (Å²) in [6, 6.07) is 7.76. The van der Waals surface area contributed by atoms with Crippen molar-refractivity contribution in [2.24, 2.45) is 10.7 Å². The summed E-state index contributed by atoms with van der Waals surface area (Å²) in [6.07, 6.45) is 2.07. The average Bonchev–Trinajstić information content (AvgIpc) is 2.51. The van der Waals surface area contributed by atoms with Gasteiger partial charge in [-0.25, -0.2) is 14.4 Å². The van der Waals surface area contributed by atoms with Crippen LogP contribution in [0.2, 0.25) is 0 Å². The van der Waals surface area contributed by atoms with E-state index in [1.807, 2.05) is 6.92 Å². The number of anilines is 2. The lowest BCUT2D eigenvalue weighted by molar-refractivity contribution is 0.215. The lowest BCUT2D eigenvalue weighted by Gasteiger charge is -2.30. The number of halogens is 1. The van der Waals surface area contributed by atoms with E-state index in [2.05, 4.69) is 15.3 Å². The molecule has 0 aliphatic carbocycles. The number of aliphatic imine (C=N–C) groups is 1. The number of hydrogen-bond donors (Lipinski definition) is 3. The topological polar surface area (TPSA) is 92.8 Å². The van der Waals surface area contributed by atoms with Gasteiger partial charge in [-0.3, -0.25) is 0 Å². The summed E-state index contributed by atoms with van der Waals surface area (Å²) in [5.74, 6) is -0.0649. The quantitative estimate of drug-likeness (QED) is 0.809. The van der Waals surface area contributed by atoms with Crippen LogP contribution in [0.4, 0.5) is 15.9 Å². The van der Waals surface area contributed by atoms with Crippen molar-refractivity contribution in [1.82, 2.24) is 4.98 Å². The van der Waals surface area contributed by atoms with E-state index < -0.39 is 5.54 Å². The summed E-state index contributed by atoms with van der Waals surface area (Å²) >= 11 is 0. The molecule has 1 aromatic carbocycles. The molecule has 23 heavy (non-hydrogen) atoms. The molecule has 0 bridgehead atoms. The van der Waals surface area contributed by atoms with Crippen LogP contribution < -0.4 is 11.1 Å². The Morgan fingerprint density at radius 1 is 1.39 bits per heavy atom. The number of aromatic hydroxyl groups is 1. The van der Waals surface area contributed by atoms with Gasteiger partial charge in [0.1, 0.15) is 5.82 Å². The zero-order valence-electron chi connectivity index (χ0n) is 12.6. The molecule has 0 saturated carbocycles. The third-order valence-corrected chi connectivity index (χ3v) is 3.79. The molecule has 1 aliphatic rings. The molecule has 6 nitrogen and oxygen atoms in total. The Balaban J connectivity index is 1.97. The number of nitrogens with one attached hydrogen (secondary N) is 1. The monoisotopic (exact) mass is 316 g/mol. The number of ether oxygens (including phenoxy) is 1. The largest absolute Gasteiger partial charge is 0.504 e. The van der Waals surface area contributed by atoms with Gasteiger partial charge in [-0.05, 0) is 37.3 Å². The second-order valence-electron chi connectivity index (χ2n) is 5.51. The van der Waals surface area contributed by atoms with Crippen molar-refractivity contribution in [3.63, 3.8) is 0 Å². The molecule has 3 rings (SSSR count). The first-order valence-electron chi connectivity index (χ1n) is 7.17. The summed E-state index contributed by atoms with van der Waals surface area (Å²) in [5, 5.41) is 12.7. The Labute approximate surface area is 132 Å². The van der Waals surface area contributed by atoms with E-state index >= 15 is 0 Å². The van der Waals surface area contributed by atoms with Crippen molar-refractivity contribution in [1.29, 1.82) is 0 Å². The predicted octanol–water partition coefficient (Wildman–Crippen LogP) is 2.62. The van der Waals surface area contributed by atoms with E-state index in [-0.39, 0.29) is 17.6 Å². The molecular weight excluding hydrogens is 299 g/mol. The predicted molar refractivity (Wildman–Crippen MR) is 85.1 cm³/mol. The molecule has 0 unspecified atom stereocenters. The maximum Gasteiger partial charge on any atom is 0.282 e. The molecule has 1 atom stereocenters. The van der Waals surface area contributed by atoms with E-state index in [0.29, 0.717) is 30.1 Å². The minimum Gasteiger partial charge on any atom is -0.504 e. The molecule has 0 spiro atoms. The van der Waals surface area contributed by atoms with Crippen molar-refractivity contribution in [3.8, 4) is 5.75 Å². The number of rotatable bonds is 3. The second-order valence-corrected chi connectivity index (χ2v) is 5.51. The number of aromatic nitrogens is 1. The van der Waals surface area contributed by atoms with Crippen LogP contribution in [0.1, 0.15) is 18.9 Å².